The molecule has 2 N–H and O–H groups in total. The number of carbonyl (C=O) groups excluding carboxylic acids is 1. The van der Waals surface area contributed by atoms with Crippen LogP contribution in [0.1, 0.15) is 17.2 Å². The fourth-order valence-corrected chi connectivity index (χ4v) is 4.48. The first-order valence-electron chi connectivity index (χ1n) is 10.0. The number of hydrogen-bond acceptors (Lipinski definition) is 5. The first-order chi connectivity index (χ1) is 15.3. The Morgan fingerprint density at radius 1 is 0.969 bits per heavy atom. The number of aryl methyl sites for hydroxylation is 1. The molecule has 2 atom stereocenters. The van der Waals surface area contributed by atoms with Gasteiger partial charge in [0.2, 0.25) is 10.0 Å². The van der Waals surface area contributed by atoms with Gasteiger partial charge in [-0.25, -0.2) is 13.1 Å². The van der Waals surface area contributed by atoms with Gasteiger partial charge in [0.25, 0.3) is 0 Å². The Morgan fingerprint density at radius 3 is 2.19 bits per heavy atom. The highest BCUT2D eigenvalue weighted by Gasteiger charge is 2.32. The van der Waals surface area contributed by atoms with Gasteiger partial charge in [0.1, 0.15) is 0 Å². The maximum Gasteiger partial charge on any atom is 0.312 e. The number of hydrogen-bond donors (Lipinski definition) is 2. The molecule has 32 heavy (non-hydrogen) atoms. The van der Waals surface area contributed by atoms with Crippen molar-refractivity contribution in [1.82, 2.24) is 4.72 Å². The fraction of sp³-hybridized carbons (Fsp3) is 0.208. The predicted molar refractivity (Wildman–Crippen MR) is 126 cm³/mol. The first-order valence-corrected chi connectivity index (χ1v) is 11.9. The monoisotopic (exact) mass is 472 g/mol. The minimum atomic E-state index is -3.81. The summed E-state index contributed by atoms with van der Waals surface area (Å²) in [6.45, 7) is 1.73. The molecule has 0 aliphatic carbocycles. The lowest BCUT2D eigenvalue weighted by Crippen LogP contribution is -2.39. The Kier molecular flexibility index (Phi) is 7.90. The number of nitrogens with one attached hydrogen (secondary N) is 2. The van der Waals surface area contributed by atoms with Crippen molar-refractivity contribution < 1.29 is 17.9 Å². The summed E-state index contributed by atoms with van der Waals surface area (Å²) in [7, 11) is -2.53. The lowest BCUT2D eigenvalue weighted by atomic mass is 9.92. The summed E-state index contributed by atoms with van der Waals surface area (Å²) in [6, 6.07) is 22.4. The average Bonchev–Trinajstić information content (AvgIpc) is 2.80. The van der Waals surface area contributed by atoms with Gasteiger partial charge in [-0.05, 0) is 48.9 Å². The van der Waals surface area contributed by atoms with Crippen LogP contribution >= 0.6 is 11.6 Å². The molecule has 0 saturated carbocycles. The molecular weight excluding hydrogens is 448 g/mol. The first kappa shape index (κ1) is 23.8. The highest BCUT2D eigenvalue weighted by atomic mass is 35.5. The Bertz CT molecular complexity index is 1130. The van der Waals surface area contributed by atoms with Gasteiger partial charge >= 0.3 is 5.97 Å². The van der Waals surface area contributed by atoms with Crippen LogP contribution in [0, 0.1) is 12.8 Å². The van der Waals surface area contributed by atoms with Crippen molar-refractivity contribution in [2.24, 2.45) is 5.92 Å². The highest BCUT2D eigenvalue weighted by Crippen LogP contribution is 2.29. The van der Waals surface area contributed by atoms with E-state index in [1.807, 2.05) is 37.3 Å². The summed E-state index contributed by atoms with van der Waals surface area (Å²) in [5.41, 5.74) is 2.50. The number of carbonyl (C=O) groups is 1. The van der Waals surface area contributed by atoms with Gasteiger partial charge in [-0.2, -0.15) is 0 Å². The molecule has 3 aromatic rings. The third-order valence-electron chi connectivity index (χ3n) is 5.06. The minimum absolute atomic E-state index is 0.133. The summed E-state index contributed by atoms with van der Waals surface area (Å²) in [4.78, 5) is 12.9. The SMILES string of the molecule is COC(=O)C(CNS(=O)(=O)c1ccc(C)cc1)C(Nc1ccc(Cl)cc1)c1ccccc1. The number of benzene rings is 3. The molecule has 0 spiro atoms. The van der Waals surface area contributed by atoms with Gasteiger partial charge in [-0.3, -0.25) is 4.79 Å². The number of methoxy groups -OCH3 is 1. The molecule has 168 valence electrons. The Morgan fingerprint density at radius 2 is 1.59 bits per heavy atom. The zero-order valence-electron chi connectivity index (χ0n) is 17.8. The van der Waals surface area contributed by atoms with Crippen LogP contribution in [0.3, 0.4) is 0 Å². The van der Waals surface area contributed by atoms with E-state index in [-0.39, 0.29) is 11.4 Å². The summed E-state index contributed by atoms with van der Waals surface area (Å²) in [5.74, 6) is -1.37. The van der Waals surface area contributed by atoms with Crippen LogP contribution in [0.25, 0.3) is 0 Å². The Hall–Kier alpha value is -2.87. The van der Waals surface area contributed by atoms with Crippen molar-refractivity contribution in [2.75, 3.05) is 19.0 Å². The second-order valence-corrected chi connectivity index (χ2v) is 9.54. The number of anilines is 1. The number of halogens is 1. The van der Waals surface area contributed by atoms with E-state index in [4.69, 9.17) is 16.3 Å². The van der Waals surface area contributed by atoms with Gasteiger partial charge in [-0.1, -0.05) is 59.6 Å². The van der Waals surface area contributed by atoms with Crippen molar-refractivity contribution in [3.8, 4) is 0 Å². The molecule has 0 heterocycles. The molecule has 0 bridgehead atoms. The van der Waals surface area contributed by atoms with Crippen LogP contribution in [0.5, 0.6) is 0 Å². The largest absolute Gasteiger partial charge is 0.469 e. The zero-order valence-corrected chi connectivity index (χ0v) is 19.4. The van der Waals surface area contributed by atoms with Crippen LogP contribution < -0.4 is 10.0 Å². The van der Waals surface area contributed by atoms with Gasteiger partial charge in [0, 0.05) is 17.3 Å². The molecule has 0 radical (unpaired) electrons. The maximum absolute atomic E-state index is 12.8. The molecule has 0 aromatic heterocycles. The fourth-order valence-electron chi connectivity index (χ4n) is 3.29. The van der Waals surface area contributed by atoms with Gasteiger partial charge in [-0.15, -0.1) is 0 Å². The lowest BCUT2D eigenvalue weighted by Gasteiger charge is -2.28. The molecular formula is C24H25ClN2O4S. The van der Waals surface area contributed by atoms with Gasteiger partial charge in [0.15, 0.2) is 0 Å². The molecule has 0 amide bonds. The van der Waals surface area contributed by atoms with E-state index in [1.165, 1.54) is 19.2 Å². The second-order valence-electron chi connectivity index (χ2n) is 7.33. The van der Waals surface area contributed by atoms with Crippen molar-refractivity contribution in [3.05, 3.63) is 95.0 Å². The number of esters is 1. The normalized spacial score (nSPS) is 13.2. The van der Waals surface area contributed by atoms with E-state index in [2.05, 4.69) is 10.0 Å². The van der Waals surface area contributed by atoms with Crippen molar-refractivity contribution in [3.63, 3.8) is 0 Å². The van der Waals surface area contributed by atoms with E-state index in [0.717, 1.165) is 16.8 Å². The topological polar surface area (TPSA) is 84.5 Å². The zero-order chi connectivity index (χ0) is 23.1. The molecule has 6 nitrogen and oxygen atoms in total. The minimum Gasteiger partial charge on any atom is -0.469 e. The lowest BCUT2D eigenvalue weighted by molar-refractivity contribution is -0.145. The van der Waals surface area contributed by atoms with Crippen LogP contribution in [0.15, 0.2) is 83.8 Å². The summed E-state index contributed by atoms with van der Waals surface area (Å²) in [5, 5.41) is 3.91. The van der Waals surface area contributed by atoms with E-state index in [9.17, 15) is 13.2 Å². The van der Waals surface area contributed by atoms with Gasteiger partial charge in [0.05, 0.1) is 24.0 Å². The van der Waals surface area contributed by atoms with Crippen LogP contribution in [0.2, 0.25) is 5.02 Å². The van der Waals surface area contributed by atoms with Crippen molar-refractivity contribution in [2.45, 2.75) is 17.9 Å². The standard InChI is InChI=1S/C24H25ClN2O4S/c1-17-8-14-21(15-9-17)32(29,30)26-16-22(24(28)31-2)23(18-6-4-3-5-7-18)27-20-12-10-19(25)11-13-20/h3-15,22-23,26-27H,16H2,1-2H3. The van der Waals surface area contributed by atoms with E-state index in [0.29, 0.717) is 5.02 Å². The molecule has 3 rings (SSSR count). The summed E-state index contributed by atoms with van der Waals surface area (Å²) in [6.07, 6.45) is 0. The molecule has 0 saturated heterocycles. The van der Waals surface area contributed by atoms with E-state index >= 15 is 0 Å². The Balaban J connectivity index is 1.90. The maximum atomic E-state index is 12.8. The highest BCUT2D eigenvalue weighted by molar-refractivity contribution is 7.89. The number of rotatable bonds is 9. The summed E-state index contributed by atoms with van der Waals surface area (Å²) < 4.78 is 33.2. The summed E-state index contributed by atoms with van der Waals surface area (Å²) >= 11 is 5.99. The third kappa shape index (κ3) is 6.09. The van der Waals surface area contributed by atoms with E-state index < -0.39 is 28.0 Å². The molecule has 3 aromatic carbocycles. The van der Waals surface area contributed by atoms with Crippen molar-refractivity contribution >= 4 is 33.3 Å². The third-order valence-corrected chi connectivity index (χ3v) is 6.75. The number of ether oxygens (including phenoxy) is 1. The average molecular weight is 473 g/mol. The van der Waals surface area contributed by atoms with Crippen LogP contribution in [0.4, 0.5) is 5.69 Å². The molecule has 8 heteroatoms. The Labute approximate surface area is 193 Å². The predicted octanol–water partition coefficient (Wildman–Crippen LogP) is 4.57. The smallest absolute Gasteiger partial charge is 0.312 e. The second kappa shape index (κ2) is 10.6. The van der Waals surface area contributed by atoms with E-state index in [1.54, 1.807) is 36.4 Å². The van der Waals surface area contributed by atoms with Crippen LogP contribution in [-0.2, 0) is 19.6 Å². The number of sulfonamides is 1. The van der Waals surface area contributed by atoms with Gasteiger partial charge < -0.3 is 10.1 Å². The molecule has 0 fully saturated rings. The van der Waals surface area contributed by atoms with Crippen LogP contribution in [-0.4, -0.2) is 28.0 Å². The molecule has 2 unspecified atom stereocenters. The molecule has 0 aliphatic heterocycles. The van der Waals surface area contributed by atoms with Crippen molar-refractivity contribution in [1.29, 1.82) is 0 Å². The molecule has 0 aliphatic rings. The quantitative estimate of drug-likeness (QED) is 0.446.